The molecule has 1 fully saturated rings. The second-order valence-corrected chi connectivity index (χ2v) is 4.01. The molecule has 0 N–H and O–H groups in total. The molecule has 0 saturated carbocycles. The van der Waals surface area contributed by atoms with Gasteiger partial charge in [0, 0.05) is 25.7 Å². The van der Waals surface area contributed by atoms with Crippen LogP contribution in [0.5, 0.6) is 0 Å². The highest BCUT2D eigenvalue weighted by atomic mass is 79.9. The number of carbonyl (C=O) groups is 1. The van der Waals surface area contributed by atoms with Crippen LogP contribution in [0.2, 0.25) is 0 Å². The minimum atomic E-state index is 0.211. The molecule has 3 nitrogen and oxygen atoms in total. The highest BCUT2D eigenvalue weighted by Crippen LogP contribution is 2.09. The maximum absolute atomic E-state index is 11.4. The van der Waals surface area contributed by atoms with E-state index < -0.39 is 0 Å². The van der Waals surface area contributed by atoms with E-state index in [-0.39, 0.29) is 5.91 Å². The van der Waals surface area contributed by atoms with Crippen molar-refractivity contribution in [3.05, 3.63) is 0 Å². The quantitative estimate of drug-likeness (QED) is 0.680. The van der Waals surface area contributed by atoms with E-state index in [1.54, 1.807) is 0 Å². The predicted octanol–water partition coefficient (Wildman–Crippen LogP) is 0.934. The summed E-state index contributed by atoms with van der Waals surface area (Å²) in [5.74, 6) is 0.211. The first-order valence-corrected chi connectivity index (χ1v) is 5.89. The van der Waals surface area contributed by atoms with Gasteiger partial charge < -0.3 is 4.90 Å². The fourth-order valence-electron chi connectivity index (χ4n) is 1.78. The summed E-state index contributed by atoms with van der Waals surface area (Å²) in [5, 5.41) is 0.450. The molecule has 1 heterocycles. The number of amides is 1. The lowest BCUT2D eigenvalue weighted by atomic mass is 10.2. The van der Waals surface area contributed by atoms with Gasteiger partial charge in [-0.3, -0.25) is 9.69 Å². The SMILES string of the molecule is CCN1CCN(C(=O)CBr)CC1C. The van der Waals surface area contributed by atoms with Crippen LogP contribution in [0.3, 0.4) is 0 Å². The normalized spacial score (nSPS) is 24.8. The molecule has 0 radical (unpaired) electrons. The molecular formula is C9H17BrN2O. The third-order valence-corrected chi connectivity index (χ3v) is 3.12. The second kappa shape index (κ2) is 4.96. The summed E-state index contributed by atoms with van der Waals surface area (Å²) in [4.78, 5) is 15.7. The molecule has 1 atom stereocenters. The van der Waals surface area contributed by atoms with E-state index in [4.69, 9.17) is 0 Å². The summed E-state index contributed by atoms with van der Waals surface area (Å²) in [5.41, 5.74) is 0. The van der Waals surface area contributed by atoms with Gasteiger partial charge in [-0.05, 0) is 13.5 Å². The van der Waals surface area contributed by atoms with Gasteiger partial charge in [0.25, 0.3) is 0 Å². The van der Waals surface area contributed by atoms with E-state index in [1.165, 1.54) is 0 Å². The third kappa shape index (κ3) is 2.68. The summed E-state index contributed by atoms with van der Waals surface area (Å²) in [7, 11) is 0. The first-order valence-electron chi connectivity index (χ1n) is 4.76. The Balaban J connectivity index is 2.45. The lowest BCUT2D eigenvalue weighted by Crippen LogP contribution is -2.53. The van der Waals surface area contributed by atoms with Crippen molar-refractivity contribution in [1.29, 1.82) is 0 Å². The van der Waals surface area contributed by atoms with Crippen LogP contribution in [0.1, 0.15) is 13.8 Å². The summed E-state index contributed by atoms with van der Waals surface area (Å²) in [6, 6.07) is 0.502. The van der Waals surface area contributed by atoms with Gasteiger partial charge in [0.15, 0.2) is 0 Å². The van der Waals surface area contributed by atoms with Gasteiger partial charge in [0.05, 0.1) is 5.33 Å². The molecule has 0 bridgehead atoms. The lowest BCUT2D eigenvalue weighted by Gasteiger charge is -2.39. The van der Waals surface area contributed by atoms with Gasteiger partial charge in [-0.2, -0.15) is 0 Å². The van der Waals surface area contributed by atoms with Gasteiger partial charge in [-0.25, -0.2) is 0 Å². The largest absolute Gasteiger partial charge is 0.339 e. The van der Waals surface area contributed by atoms with Gasteiger partial charge in [-0.1, -0.05) is 22.9 Å². The van der Waals surface area contributed by atoms with Crippen molar-refractivity contribution < 1.29 is 4.79 Å². The molecule has 4 heteroatoms. The van der Waals surface area contributed by atoms with Crippen LogP contribution in [-0.4, -0.2) is 53.3 Å². The van der Waals surface area contributed by atoms with E-state index in [0.717, 1.165) is 26.2 Å². The number of alkyl halides is 1. The van der Waals surface area contributed by atoms with Crippen LogP contribution in [0.4, 0.5) is 0 Å². The third-order valence-electron chi connectivity index (χ3n) is 2.64. The summed E-state index contributed by atoms with van der Waals surface area (Å²) < 4.78 is 0. The Bertz CT molecular complexity index is 186. The molecule has 0 spiro atoms. The van der Waals surface area contributed by atoms with Gasteiger partial charge in [0.2, 0.25) is 5.91 Å². The molecule has 1 rings (SSSR count). The number of carbonyl (C=O) groups excluding carboxylic acids is 1. The van der Waals surface area contributed by atoms with Crippen molar-refractivity contribution in [2.75, 3.05) is 31.5 Å². The van der Waals surface area contributed by atoms with Crippen molar-refractivity contribution >= 4 is 21.8 Å². The molecule has 0 aromatic heterocycles. The van der Waals surface area contributed by atoms with E-state index in [1.807, 2.05) is 4.90 Å². The highest BCUT2D eigenvalue weighted by Gasteiger charge is 2.24. The number of nitrogens with zero attached hydrogens (tertiary/aromatic N) is 2. The molecule has 0 aliphatic carbocycles. The molecule has 1 saturated heterocycles. The van der Waals surface area contributed by atoms with Gasteiger partial charge >= 0.3 is 0 Å². The number of hydrogen-bond acceptors (Lipinski definition) is 2. The number of hydrogen-bond donors (Lipinski definition) is 0. The molecule has 1 aliphatic rings. The second-order valence-electron chi connectivity index (χ2n) is 3.45. The van der Waals surface area contributed by atoms with Crippen LogP contribution in [0.25, 0.3) is 0 Å². The maximum atomic E-state index is 11.4. The van der Waals surface area contributed by atoms with Crippen LogP contribution in [0, 0.1) is 0 Å². The van der Waals surface area contributed by atoms with Crippen molar-refractivity contribution in [3.63, 3.8) is 0 Å². The van der Waals surface area contributed by atoms with Crippen LogP contribution >= 0.6 is 15.9 Å². The standard InChI is InChI=1S/C9H17BrN2O/c1-3-11-4-5-12(7-8(11)2)9(13)6-10/h8H,3-7H2,1-2H3. The Morgan fingerprint density at radius 3 is 2.69 bits per heavy atom. The van der Waals surface area contributed by atoms with Crippen molar-refractivity contribution in [2.24, 2.45) is 0 Å². The fourth-order valence-corrected chi connectivity index (χ4v) is 2.13. The average Bonchev–Trinajstić information content (AvgIpc) is 2.16. The highest BCUT2D eigenvalue weighted by molar-refractivity contribution is 9.09. The number of rotatable bonds is 2. The smallest absolute Gasteiger partial charge is 0.233 e. The minimum absolute atomic E-state index is 0.211. The lowest BCUT2D eigenvalue weighted by molar-refractivity contribution is -0.131. The van der Waals surface area contributed by atoms with Gasteiger partial charge in [-0.15, -0.1) is 0 Å². The minimum Gasteiger partial charge on any atom is -0.339 e. The van der Waals surface area contributed by atoms with Crippen LogP contribution in [-0.2, 0) is 4.79 Å². The Morgan fingerprint density at radius 2 is 2.23 bits per heavy atom. The molecule has 1 aliphatic heterocycles. The summed E-state index contributed by atoms with van der Waals surface area (Å²) in [6.45, 7) is 8.18. The first-order chi connectivity index (χ1) is 6.19. The first kappa shape index (κ1) is 11.0. The van der Waals surface area contributed by atoms with E-state index in [0.29, 0.717) is 11.4 Å². The van der Waals surface area contributed by atoms with E-state index >= 15 is 0 Å². The summed E-state index contributed by atoms with van der Waals surface area (Å²) in [6.07, 6.45) is 0. The Kier molecular flexibility index (Phi) is 4.19. The zero-order valence-corrected chi connectivity index (χ0v) is 9.88. The van der Waals surface area contributed by atoms with Crippen LogP contribution < -0.4 is 0 Å². The Morgan fingerprint density at radius 1 is 1.54 bits per heavy atom. The molecule has 0 aromatic rings. The van der Waals surface area contributed by atoms with E-state index in [2.05, 4.69) is 34.7 Å². The zero-order chi connectivity index (χ0) is 9.84. The molecule has 1 amide bonds. The molecule has 76 valence electrons. The fraction of sp³-hybridized carbons (Fsp3) is 0.889. The molecule has 1 unspecified atom stereocenters. The molecular weight excluding hydrogens is 232 g/mol. The Hall–Kier alpha value is -0.0900. The number of halogens is 1. The number of piperazine rings is 1. The molecule has 0 aromatic carbocycles. The maximum Gasteiger partial charge on any atom is 0.233 e. The molecule has 13 heavy (non-hydrogen) atoms. The van der Waals surface area contributed by atoms with Gasteiger partial charge in [0.1, 0.15) is 0 Å². The zero-order valence-electron chi connectivity index (χ0n) is 8.29. The topological polar surface area (TPSA) is 23.6 Å². The Labute approximate surface area is 88.2 Å². The average molecular weight is 249 g/mol. The van der Waals surface area contributed by atoms with Crippen molar-refractivity contribution in [3.8, 4) is 0 Å². The van der Waals surface area contributed by atoms with Crippen molar-refractivity contribution in [1.82, 2.24) is 9.80 Å². The summed E-state index contributed by atoms with van der Waals surface area (Å²) >= 11 is 3.20. The number of likely N-dealkylation sites (N-methyl/N-ethyl adjacent to an activating group) is 1. The monoisotopic (exact) mass is 248 g/mol. The van der Waals surface area contributed by atoms with Crippen LogP contribution in [0.15, 0.2) is 0 Å². The van der Waals surface area contributed by atoms with Crippen molar-refractivity contribution in [2.45, 2.75) is 19.9 Å². The predicted molar refractivity (Wildman–Crippen MR) is 57.1 cm³/mol. The van der Waals surface area contributed by atoms with E-state index in [9.17, 15) is 4.79 Å².